The summed E-state index contributed by atoms with van der Waals surface area (Å²) in [6, 6.07) is 16.4. The van der Waals surface area contributed by atoms with Crippen LogP contribution in [0.25, 0.3) is 6.08 Å². The van der Waals surface area contributed by atoms with E-state index >= 15 is 0 Å². The lowest BCUT2D eigenvalue weighted by atomic mass is 10.1. The molecule has 0 saturated carbocycles. The highest BCUT2D eigenvalue weighted by molar-refractivity contribution is 5.79. The van der Waals surface area contributed by atoms with Crippen molar-refractivity contribution < 1.29 is 9.72 Å². The van der Waals surface area contributed by atoms with E-state index in [2.05, 4.69) is 29.2 Å². The van der Waals surface area contributed by atoms with Crippen molar-refractivity contribution in [3.05, 3.63) is 81.9 Å². The summed E-state index contributed by atoms with van der Waals surface area (Å²) in [7, 11) is 0. The molecule has 0 spiro atoms. The van der Waals surface area contributed by atoms with Gasteiger partial charge in [-0.05, 0) is 11.1 Å². The SMILES string of the molecule is O=C(Cc1ccc([N+](=O)[O-])cc1)N1CCN(C/C=C/c2ccccc2)CC1. The quantitative estimate of drug-likeness (QED) is 0.583. The maximum Gasteiger partial charge on any atom is 0.269 e. The standard InChI is InChI=1S/C21H23N3O3/c25-21(17-19-8-10-20(11-9-19)24(26)27)23-15-13-22(14-16-23)12-4-7-18-5-2-1-3-6-18/h1-11H,12-17H2/b7-4+. The molecule has 0 unspecified atom stereocenters. The molecule has 27 heavy (non-hydrogen) atoms. The lowest BCUT2D eigenvalue weighted by molar-refractivity contribution is -0.384. The second-order valence-corrected chi connectivity index (χ2v) is 6.59. The number of rotatable bonds is 6. The lowest BCUT2D eigenvalue weighted by Gasteiger charge is -2.34. The minimum absolute atomic E-state index is 0.0448. The zero-order valence-corrected chi connectivity index (χ0v) is 15.2. The van der Waals surface area contributed by atoms with E-state index in [0.717, 1.165) is 25.2 Å². The molecular formula is C21H23N3O3. The van der Waals surface area contributed by atoms with Crippen LogP contribution in [0.15, 0.2) is 60.7 Å². The molecule has 1 fully saturated rings. The molecule has 1 saturated heterocycles. The number of nitro benzene ring substituents is 1. The van der Waals surface area contributed by atoms with Crippen molar-refractivity contribution in [1.29, 1.82) is 0 Å². The highest BCUT2D eigenvalue weighted by atomic mass is 16.6. The number of piperazine rings is 1. The van der Waals surface area contributed by atoms with Crippen LogP contribution in [0.1, 0.15) is 11.1 Å². The van der Waals surface area contributed by atoms with Gasteiger partial charge in [0.15, 0.2) is 0 Å². The van der Waals surface area contributed by atoms with Gasteiger partial charge < -0.3 is 4.90 Å². The summed E-state index contributed by atoms with van der Waals surface area (Å²) in [6.45, 7) is 4.01. The number of benzene rings is 2. The maximum absolute atomic E-state index is 12.5. The van der Waals surface area contributed by atoms with Gasteiger partial charge in [0.05, 0.1) is 11.3 Å². The third-order valence-corrected chi connectivity index (χ3v) is 4.70. The Morgan fingerprint density at radius 1 is 1.00 bits per heavy atom. The van der Waals surface area contributed by atoms with Crippen LogP contribution in [0, 0.1) is 10.1 Å². The first-order chi connectivity index (χ1) is 13.1. The van der Waals surface area contributed by atoms with E-state index in [4.69, 9.17) is 0 Å². The summed E-state index contributed by atoms with van der Waals surface area (Å²) >= 11 is 0. The van der Waals surface area contributed by atoms with E-state index in [1.165, 1.54) is 17.7 Å². The molecule has 2 aromatic rings. The van der Waals surface area contributed by atoms with E-state index < -0.39 is 4.92 Å². The number of hydrogen-bond acceptors (Lipinski definition) is 4. The molecule has 6 heteroatoms. The number of non-ortho nitro benzene ring substituents is 1. The Kier molecular flexibility index (Phi) is 6.33. The van der Waals surface area contributed by atoms with Gasteiger partial charge in [0.2, 0.25) is 5.91 Å². The minimum Gasteiger partial charge on any atom is -0.340 e. The second kappa shape index (κ2) is 9.09. The van der Waals surface area contributed by atoms with Crippen LogP contribution < -0.4 is 0 Å². The van der Waals surface area contributed by atoms with Crippen LogP contribution in [0.4, 0.5) is 5.69 Å². The molecule has 0 bridgehead atoms. The van der Waals surface area contributed by atoms with E-state index in [1.54, 1.807) is 12.1 Å². The Balaban J connectivity index is 1.43. The Labute approximate surface area is 158 Å². The predicted octanol–water partition coefficient (Wildman–Crippen LogP) is 2.99. The van der Waals surface area contributed by atoms with Gasteiger partial charge in [-0.1, -0.05) is 54.6 Å². The zero-order valence-electron chi connectivity index (χ0n) is 15.2. The average Bonchev–Trinajstić information content (AvgIpc) is 2.70. The number of carbonyl (C=O) groups is 1. The van der Waals surface area contributed by atoms with Gasteiger partial charge in [-0.2, -0.15) is 0 Å². The van der Waals surface area contributed by atoms with Gasteiger partial charge in [-0.3, -0.25) is 19.8 Å². The predicted molar refractivity (Wildman–Crippen MR) is 105 cm³/mol. The average molecular weight is 365 g/mol. The summed E-state index contributed by atoms with van der Waals surface area (Å²) in [5.41, 5.74) is 2.04. The van der Waals surface area contributed by atoms with Crippen LogP contribution in [0.2, 0.25) is 0 Å². The molecule has 6 nitrogen and oxygen atoms in total. The van der Waals surface area contributed by atoms with Crippen LogP contribution in [-0.2, 0) is 11.2 Å². The van der Waals surface area contributed by atoms with Crippen LogP contribution >= 0.6 is 0 Å². The Hall–Kier alpha value is -2.99. The van der Waals surface area contributed by atoms with Gasteiger partial charge in [0.25, 0.3) is 5.69 Å². The number of amides is 1. The van der Waals surface area contributed by atoms with Crippen molar-refractivity contribution in [2.45, 2.75) is 6.42 Å². The molecule has 0 atom stereocenters. The molecule has 1 heterocycles. The summed E-state index contributed by atoms with van der Waals surface area (Å²) < 4.78 is 0. The first-order valence-corrected chi connectivity index (χ1v) is 9.07. The highest BCUT2D eigenvalue weighted by Crippen LogP contribution is 2.13. The van der Waals surface area contributed by atoms with Gasteiger partial charge in [0, 0.05) is 44.9 Å². The van der Waals surface area contributed by atoms with Gasteiger partial charge in [0.1, 0.15) is 0 Å². The van der Waals surface area contributed by atoms with Gasteiger partial charge in [-0.15, -0.1) is 0 Å². The Morgan fingerprint density at radius 2 is 1.67 bits per heavy atom. The molecule has 0 aromatic heterocycles. The molecule has 140 valence electrons. The first-order valence-electron chi connectivity index (χ1n) is 9.07. The molecule has 2 aromatic carbocycles. The third-order valence-electron chi connectivity index (χ3n) is 4.70. The second-order valence-electron chi connectivity index (χ2n) is 6.59. The summed E-state index contributed by atoms with van der Waals surface area (Å²) in [4.78, 5) is 26.9. The van der Waals surface area contributed by atoms with Crippen LogP contribution in [0.5, 0.6) is 0 Å². The van der Waals surface area contributed by atoms with E-state index in [0.29, 0.717) is 13.1 Å². The summed E-state index contributed by atoms with van der Waals surface area (Å²) in [5, 5.41) is 10.7. The van der Waals surface area contributed by atoms with E-state index in [1.807, 2.05) is 23.1 Å². The smallest absolute Gasteiger partial charge is 0.269 e. The topological polar surface area (TPSA) is 66.7 Å². The molecule has 1 aliphatic rings. The highest BCUT2D eigenvalue weighted by Gasteiger charge is 2.20. The fourth-order valence-electron chi connectivity index (χ4n) is 3.10. The monoisotopic (exact) mass is 365 g/mol. The van der Waals surface area contributed by atoms with Crippen LogP contribution in [0.3, 0.4) is 0 Å². The third kappa shape index (κ3) is 5.49. The Morgan fingerprint density at radius 3 is 2.30 bits per heavy atom. The van der Waals surface area contributed by atoms with Crippen molar-refractivity contribution >= 4 is 17.7 Å². The maximum atomic E-state index is 12.5. The van der Waals surface area contributed by atoms with Crippen molar-refractivity contribution in [3.8, 4) is 0 Å². The van der Waals surface area contributed by atoms with E-state index in [9.17, 15) is 14.9 Å². The molecule has 0 N–H and O–H groups in total. The van der Waals surface area contributed by atoms with Crippen molar-refractivity contribution in [3.63, 3.8) is 0 Å². The fourth-order valence-corrected chi connectivity index (χ4v) is 3.10. The number of hydrogen-bond donors (Lipinski definition) is 0. The van der Waals surface area contributed by atoms with Gasteiger partial charge >= 0.3 is 0 Å². The molecule has 3 rings (SSSR count). The molecule has 0 aliphatic carbocycles. The summed E-state index contributed by atoms with van der Waals surface area (Å²) in [6.07, 6.45) is 4.56. The molecule has 0 radical (unpaired) electrons. The zero-order chi connectivity index (χ0) is 19.1. The molecule has 1 amide bonds. The number of nitro groups is 1. The van der Waals surface area contributed by atoms with Crippen molar-refractivity contribution in [1.82, 2.24) is 9.80 Å². The van der Waals surface area contributed by atoms with Crippen molar-refractivity contribution in [2.75, 3.05) is 32.7 Å². The largest absolute Gasteiger partial charge is 0.340 e. The van der Waals surface area contributed by atoms with Gasteiger partial charge in [-0.25, -0.2) is 0 Å². The van der Waals surface area contributed by atoms with Crippen LogP contribution in [-0.4, -0.2) is 53.4 Å². The number of nitrogens with zero attached hydrogens (tertiary/aromatic N) is 3. The first kappa shape index (κ1) is 18.8. The van der Waals surface area contributed by atoms with Crippen molar-refractivity contribution in [2.24, 2.45) is 0 Å². The minimum atomic E-state index is -0.433. The van der Waals surface area contributed by atoms with E-state index in [-0.39, 0.29) is 18.0 Å². The summed E-state index contributed by atoms with van der Waals surface area (Å²) in [5.74, 6) is 0.0725. The molecular weight excluding hydrogens is 342 g/mol. The molecule has 1 aliphatic heterocycles. The Bertz CT molecular complexity index is 795. The lowest BCUT2D eigenvalue weighted by Crippen LogP contribution is -2.49. The normalized spacial score (nSPS) is 15.2. The number of carbonyl (C=O) groups excluding carboxylic acids is 1. The fraction of sp³-hybridized carbons (Fsp3) is 0.286.